The Morgan fingerprint density at radius 1 is 1.65 bits per heavy atom. The van der Waals surface area contributed by atoms with Gasteiger partial charge >= 0.3 is 0 Å². The molecule has 88 valence electrons. The van der Waals surface area contributed by atoms with Gasteiger partial charge in [-0.2, -0.15) is 4.99 Å². The van der Waals surface area contributed by atoms with Crippen LogP contribution in [0, 0.1) is 0 Å². The monoisotopic (exact) mass is 249 g/mol. The number of aliphatic imine (C=N–C) groups is 1. The molecule has 1 fully saturated rings. The fourth-order valence-electron chi connectivity index (χ4n) is 1.37. The number of carbonyl (C=O) groups is 1. The molecule has 2 heterocycles. The van der Waals surface area contributed by atoms with Crippen LogP contribution in [0.4, 0.5) is 5.82 Å². The molecule has 1 aliphatic heterocycles. The third-order valence-electron chi connectivity index (χ3n) is 2.25. The summed E-state index contributed by atoms with van der Waals surface area (Å²) in [5.41, 5.74) is 6.15. The Labute approximate surface area is 104 Å². The molecule has 1 aliphatic rings. The lowest BCUT2D eigenvalue weighted by Crippen LogP contribution is -2.26. The zero-order valence-electron chi connectivity index (χ0n) is 9.17. The molecular formula is C10H11N5OS. The molecule has 3 N–H and O–H groups in total. The van der Waals surface area contributed by atoms with Gasteiger partial charge in [-0.25, -0.2) is 4.98 Å². The zero-order valence-corrected chi connectivity index (χ0v) is 9.99. The van der Waals surface area contributed by atoms with Gasteiger partial charge in [-0.15, -0.1) is 0 Å². The van der Waals surface area contributed by atoms with Crippen LogP contribution >= 0.6 is 12.2 Å². The van der Waals surface area contributed by atoms with Gasteiger partial charge in [0.05, 0.1) is 6.54 Å². The second kappa shape index (κ2) is 4.46. The van der Waals surface area contributed by atoms with Crippen LogP contribution in [0.1, 0.15) is 5.56 Å². The maximum atomic E-state index is 11.1. The first kappa shape index (κ1) is 11.5. The molecule has 0 spiro atoms. The molecule has 0 saturated carbocycles. The maximum Gasteiger partial charge on any atom is 0.246 e. The Bertz CT molecular complexity index is 496. The zero-order chi connectivity index (χ0) is 12.4. The van der Waals surface area contributed by atoms with E-state index in [4.69, 9.17) is 18.0 Å². The Morgan fingerprint density at radius 2 is 2.41 bits per heavy atom. The van der Waals surface area contributed by atoms with Gasteiger partial charge in [-0.05, 0) is 12.1 Å². The number of nitrogens with zero attached hydrogens (tertiary/aromatic N) is 3. The summed E-state index contributed by atoms with van der Waals surface area (Å²) in [5, 5.41) is 2.64. The Balaban J connectivity index is 2.21. The molecule has 6 nitrogen and oxygen atoms in total. The van der Waals surface area contributed by atoms with E-state index < -0.39 is 0 Å². The minimum absolute atomic E-state index is 0.0778. The van der Waals surface area contributed by atoms with Crippen molar-refractivity contribution in [2.75, 3.05) is 13.6 Å². The van der Waals surface area contributed by atoms with Gasteiger partial charge in [-0.3, -0.25) is 10.1 Å². The number of hydrogen-bond donors (Lipinski definition) is 2. The van der Waals surface area contributed by atoms with Crippen molar-refractivity contribution in [2.24, 2.45) is 10.7 Å². The van der Waals surface area contributed by atoms with Gasteiger partial charge < -0.3 is 10.6 Å². The number of nitrogens with two attached hydrogens (primary N) is 1. The second-order valence-electron chi connectivity index (χ2n) is 3.61. The molecule has 17 heavy (non-hydrogen) atoms. The van der Waals surface area contributed by atoms with Crippen molar-refractivity contribution in [1.82, 2.24) is 15.2 Å². The quantitative estimate of drug-likeness (QED) is 0.707. The average molecular weight is 249 g/mol. The van der Waals surface area contributed by atoms with Crippen molar-refractivity contribution in [1.29, 1.82) is 0 Å². The highest BCUT2D eigenvalue weighted by atomic mass is 32.1. The van der Waals surface area contributed by atoms with Crippen LogP contribution in [-0.4, -0.2) is 40.3 Å². The highest BCUT2D eigenvalue weighted by molar-refractivity contribution is 7.80. The van der Waals surface area contributed by atoms with Gasteiger partial charge in [0.1, 0.15) is 4.99 Å². The molecule has 0 radical (unpaired) electrons. The molecule has 1 saturated heterocycles. The van der Waals surface area contributed by atoms with Gasteiger partial charge in [0.25, 0.3) is 0 Å². The number of nitrogens with one attached hydrogen (secondary N) is 1. The molecule has 0 bridgehead atoms. The van der Waals surface area contributed by atoms with E-state index >= 15 is 0 Å². The van der Waals surface area contributed by atoms with Crippen molar-refractivity contribution in [2.45, 2.75) is 0 Å². The van der Waals surface area contributed by atoms with Gasteiger partial charge in [0, 0.05) is 18.8 Å². The first-order chi connectivity index (χ1) is 8.06. The van der Waals surface area contributed by atoms with Gasteiger partial charge in [0.2, 0.25) is 11.9 Å². The smallest absolute Gasteiger partial charge is 0.246 e. The minimum Gasteiger partial charge on any atom is -0.389 e. The number of thiocarbonyl (C=S) groups is 1. The molecule has 1 aromatic rings. The highest BCUT2D eigenvalue weighted by Crippen LogP contribution is 2.10. The number of aromatic nitrogens is 1. The second-order valence-corrected chi connectivity index (χ2v) is 4.05. The SMILES string of the molecule is CN1CC(=O)NC1=Nc1ccc(C(N)=S)cn1. The fourth-order valence-corrected chi connectivity index (χ4v) is 1.49. The van der Waals surface area contributed by atoms with Gasteiger partial charge in [0.15, 0.2) is 5.82 Å². The first-order valence-electron chi connectivity index (χ1n) is 4.92. The summed E-state index contributed by atoms with van der Waals surface area (Å²) in [5.74, 6) is 0.908. The topological polar surface area (TPSA) is 83.6 Å². The molecule has 0 aliphatic carbocycles. The molecule has 2 rings (SSSR count). The number of hydrogen-bond acceptors (Lipinski definition) is 4. The summed E-state index contributed by atoms with van der Waals surface area (Å²) in [4.78, 5) is 21.4. The molecule has 0 aromatic carbocycles. The molecule has 0 atom stereocenters. The van der Waals surface area contributed by atoms with Crippen LogP contribution in [0.5, 0.6) is 0 Å². The van der Waals surface area contributed by atoms with Crippen LogP contribution in [-0.2, 0) is 4.79 Å². The summed E-state index contributed by atoms with van der Waals surface area (Å²) in [6, 6.07) is 3.44. The van der Waals surface area contributed by atoms with E-state index in [0.717, 1.165) is 0 Å². The Hall–Kier alpha value is -2.02. The number of pyridine rings is 1. The summed E-state index contributed by atoms with van der Waals surface area (Å²) < 4.78 is 0. The predicted octanol–water partition coefficient (Wildman–Crippen LogP) is -0.235. The van der Waals surface area contributed by atoms with E-state index in [-0.39, 0.29) is 5.91 Å². The summed E-state index contributed by atoms with van der Waals surface area (Å²) in [6.07, 6.45) is 1.55. The van der Waals surface area contributed by atoms with Crippen molar-refractivity contribution in [3.63, 3.8) is 0 Å². The molecule has 7 heteroatoms. The first-order valence-corrected chi connectivity index (χ1v) is 5.32. The third-order valence-corrected chi connectivity index (χ3v) is 2.48. The fraction of sp³-hybridized carbons (Fsp3) is 0.200. The maximum absolute atomic E-state index is 11.1. The third kappa shape index (κ3) is 2.56. The largest absolute Gasteiger partial charge is 0.389 e. The van der Waals surface area contributed by atoms with Crippen LogP contribution < -0.4 is 11.1 Å². The number of amides is 1. The molecule has 1 aromatic heterocycles. The van der Waals surface area contributed by atoms with Crippen molar-refractivity contribution in [3.8, 4) is 0 Å². The number of likely N-dealkylation sites (N-methyl/N-ethyl adjacent to an activating group) is 1. The Morgan fingerprint density at radius 3 is 2.88 bits per heavy atom. The standard InChI is InChI=1S/C10H11N5OS/c1-15-5-8(16)14-10(15)13-7-3-2-6(4-12-7)9(11)17/h2-4H,5H2,1H3,(H2,11,17)(H,12,13,14,16). The van der Waals surface area contributed by atoms with E-state index in [1.165, 1.54) is 0 Å². The average Bonchev–Trinajstić information content (AvgIpc) is 2.58. The normalized spacial score (nSPS) is 17.4. The molecular weight excluding hydrogens is 238 g/mol. The minimum atomic E-state index is -0.0778. The lowest BCUT2D eigenvalue weighted by atomic mass is 10.3. The summed E-state index contributed by atoms with van der Waals surface area (Å²) in [7, 11) is 1.78. The van der Waals surface area contributed by atoms with Gasteiger partial charge in [-0.1, -0.05) is 12.2 Å². The lowest BCUT2D eigenvalue weighted by Gasteiger charge is -2.07. The summed E-state index contributed by atoms with van der Waals surface area (Å²) in [6.45, 7) is 0.309. The van der Waals surface area contributed by atoms with Crippen molar-refractivity contribution >= 4 is 34.9 Å². The predicted molar refractivity (Wildman–Crippen MR) is 68.0 cm³/mol. The van der Waals surface area contributed by atoms with E-state index in [0.29, 0.717) is 28.9 Å². The Kier molecular flexibility index (Phi) is 3.01. The van der Waals surface area contributed by atoms with Crippen LogP contribution in [0.2, 0.25) is 0 Å². The van der Waals surface area contributed by atoms with Crippen LogP contribution in [0.25, 0.3) is 0 Å². The van der Waals surface area contributed by atoms with E-state index in [9.17, 15) is 4.79 Å². The molecule has 1 amide bonds. The van der Waals surface area contributed by atoms with E-state index in [1.54, 1.807) is 30.3 Å². The molecule has 0 unspecified atom stereocenters. The summed E-state index contributed by atoms with van der Waals surface area (Å²) >= 11 is 4.82. The van der Waals surface area contributed by atoms with Crippen molar-refractivity contribution in [3.05, 3.63) is 23.9 Å². The highest BCUT2D eigenvalue weighted by Gasteiger charge is 2.21. The van der Waals surface area contributed by atoms with E-state index in [2.05, 4.69) is 15.3 Å². The number of rotatable bonds is 2. The van der Waals surface area contributed by atoms with Crippen molar-refractivity contribution < 1.29 is 4.79 Å². The van der Waals surface area contributed by atoms with E-state index in [1.807, 2.05) is 0 Å². The van der Waals surface area contributed by atoms with Crippen LogP contribution in [0.15, 0.2) is 23.3 Å². The lowest BCUT2D eigenvalue weighted by molar-refractivity contribution is -0.118. The number of guanidine groups is 1. The van der Waals surface area contributed by atoms with Crippen LogP contribution in [0.3, 0.4) is 0 Å². The number of carbonyl (C=O) groups excluding carboxylic acids is 1.